The molecular weight excluding hydrogens is 1010 g/mol. The zero-order valence-electron chi connectivity index (χ0n) is 53.7. The van der Waals surface area contributed by atoms with Crippen LogP contribution in [0.5, 0.6) is 0 Å². The maximum Gasteiger partial charge on any atom is 0.306 e. The van der Waals surface area contributed by atoms with Crippen LogP contribution in [0, 0.1) is 0 Å². The molecule has 0 aromatic carbocycles. The molecule has 0 saturated heterocycles. The first kappa shape index (κ1) is 77.8. The van der Waals surface area contributed by atoms with E-state index >= 15 is 0 Å². The highest BCUT2D eigenvalue weighted by Gasteiger charge is 2.19. The van der Waals surface area contributed by atoms with Gasteiger partial charge in [-0.25, -0.2) is 0 Å². The number of esters is 3. The number of hydrogen-bond donors (Lipinski definition) is 0. The molecule has 0 aromatic heterocycles. The molecule has 0 saturated carbocycles. The van der Waals surface area contributed by atoms with E-state index in [9.17, 15) is 14.4 Å². The van der Waals surface area contributed by atoms with Crippen LogP contribution >= 0.6 is 0 Å². The number of hydrogen-bond acceptors (Lipinski definition) is 6. The number of carbonyl (C=O) groups is 3. The minimum absolute atomic E-state index is 0.0857. The van der Waals surface area contributed by atoms with E-state index in [1.165, 1.54) is 154 Å². The van der Waals surface area contributed by atoms with Crippen molar-refractivity contribution in [3.63, 3.8) is 0 Å². The van der Waals surface area contributed by atoms with Crippen LogP contribution in [0.25, 0.3) is 0 Å². The fraction of sp³-hybridized carbons (Fsp3) is 0.697. The molecule has 0 aliphatic heterocycles. The van der Waals surface area contributed by atoms with Crippen molar-refractivity contribution >= 4 is 17.9 Å². The van der Waals surface area contributed by atoms with Crippen molar-refractivity contribution in [2.24, 2.45) is 0 Å². The fourth-order valence-corrected chi connectivity index (χ4v) is 9.55. The van der Waals surface area contributed by atoms with E-state index in [-0.39, 0.29) is 31.1 Å². The van der Waals surface area contributed by atoms with E-state index in [4.69, 9.17) is 14.2 Å². The molecule has 0 bridgehead atoms. The Hall–Kier alpha value is -4.19. The van der Waals surface area contributed by atoms with Crippen LogP contribution in [-0.4, -0.2) is 37.2 Å². The third kappa shape index (κ3) is 66.6. The molecule has 1 unspecified atom stereocenters. The molecule has 0 spiro atoms. The summed E-state index contributed by atoms with van der Waals surface area (Å²) in [6.07, 6.45) is 96.5. The van der Waals surface area contributed by atoms with Gasteiger partial charge in [0, 0.05) is 19.3 Å². The van der Waals surface area contributed by atoms with Gasteiger partial charge in [-0.15, -0.1) is 0 Å². The Kier molecular flexibility index (Phi) is 65.8. The van der Waals surface area contributed by atoms with Gasteiger partial charge in [0.15, 0.2) is 6.10 Å². The van der Waals surface area contributed by atoms with Crippen molar-refractivity contribution in [2.75, 3.05) is 13.2 Å². The first-order valence-corrected chi connectivity index (χ1v) is 34.5. The summed E-state index contributed by atoms with van der Waals surface area (Å²) in [5.74, 6) is -0.905. The van der Waals surface area contributed by atoms with E-state index in [1.54, 1.807) is 0 Å². The Labute approximate surface area is 507 Å². The molecule has 0 aromatic rings. The summed E-state index contributed by atoms with van der Waals surface area (Å²) >= 11 is 0. The summed E-state index contributed by atoms with van der Waals surface area (Å²) in [7, 11) is 0. The molecule has 6 nitrogen and oxygen atoms in total. The smallest absolute Gasteiger partial charge is 0.306 e. The highest BCUT2D eigenvalue weighted by Crippen LogP contribution is 2.16. The van der Waals surface area contributed by atoms with Crippen LogP contribution in [0.1, 0.15) is 323 Å². The van der Waals surface area contributed by atoms with E-state index in [0.29, 0.717) is 19.3 Å². The van der Waals surface area contributed by atoms with E-state index in [0.717, 1.165) is 128 Å². The van der Waals surface area contributed by atoms with Crippen molar-refractivity contribution < 1.29 is 28.6 Å². The Morgan fingerprint density at radius 2 is 0.476 bits per heavy atom. The van der Waals surface area contributed by atoms with Gasteiger partial charge in [-0.05, 0) is 116 Å². The number of rotatable bonds is 62. The maximum absolute atomic E-state index is 12.9. The van der Waals surface area contributed by atoms with E-state index in [2.05, 4.69) is 142 Å². The first-order chi connectivity index (χ1) is 40.5. The second kappa shape index (κ2) is 69.3. The molecule has 0 fully saturated rings. The Balaban J connectivity index is 4.29. The van der Waals surface area contributed by atoms with Gasteiger partial charge < -0.3 is 14.2 Å². The van der Waals surface area contributed by atoms with Gasteiger partial charge >= 0.3 is 17.9 Å². The summed E-state index contributed by atoms with van der Waals surface area (Å²) in [4.78, 5) is 38.3. The Morgan fingerprint density at radius 1 is 0.256 bits per heavy atom. The van der Waals surface area contributed by atoms with Gasteiger partial charge in [0.2, 0.25) is 0 Å². The van der Waals surface area contributed by atoms with Gasteiger partial charge in [0.25, 0.3) is 0 Å². The average molecular weight is 1140 g/mol. The summed E-state index contributed by atoms with van der Waals surface area (Å²) < 4.78 is 16.9. The lowest BCUT2D eigenvalue weighted by atomic mass is 10.0. The van der Waals surface area contributed by atoms with Crippen molar-refractivity contribution in [2.45, 2.75) is 329 Å². The normalized spacial score (nSPS) is 12.9. The topological polar surface area (TPSA) is 78.9 Å². The van der Waals surface area contributed by atoms with Gasteiger partial charge in [-0.3, -0.25) is 14.4 Å². The van der Waals surface area contributed by atoms with E-state index < -0.39 is 6.10 Å². The largest absolute Gasteiger partial charge is 0.462 e. The molecule has 0 N–H and O–H groups in total. The molecule has 0 aliphatic rings. The molecule has 82 heavy (non-hydrogen) atoms. The van der Waals surface area contributed by atoms with Crippen molar-refractivity contribution in [1.82, 2.24) is 0 Å². The number of unbranched alkanes of at least 4 members (excludes halogenated alkanes) is 31. The quantitative estimate of drug-likeness (QED) is 0.0261. The molecule has 0 heterocycles. The summed E-state index contributed by atoms with van der Waals surface area (Å²) in [6.45, 7) is 6.51. The lowest BCUT2D eigenvalue weighted by Crippen LogP contribution is -2.30. The van der Waals surface area contributed by atoms with Gasteiger partial charge in [-0.2, -0.15) is 0 Å². The Bertz CT molecular complexity index is 1690. The minimum Gasteiger partial charge on any atom is -0.462 e. The van der Waals surface area contributed by atoms with Crippen molar-refractivity contribution in [3.8, 4) is 0 Å². The fourth-order valence-electron chi connectivity index (χ4n) is 9.55. The lowest BCUT2D eigenvalue weighted by molar-refractivity contribution is -0.167. The Morgan fingerprint density at radius 3 is 0.744 bits per heavy atom. The zero-order valence-corrected chi connectivity index (χ0v) is 53.7. The maximum atomic E-state index is 12.9. The van der Waals surface area contributed by atoms with Crippen LogP contribution < -0.4 is 0 Å². The molecule has 0 radical (unpaired) electrons. The van der Waals surface area contributed by atoms with Crippen LogP contribution in [0.2, 0.25) is 0 Å². The third-order valence-electron chi connectivity index (χ3n) is 14.7. The van der Waals surface area contributed by atoms with Crippen LogP contribution in [-0.2, 0) is 28.6 Å². The highest BCUT2D eigenvalue weighted by molar-refractivity contribution is 5.71. The summed E-state index contributed by atoms with van der Waals surface area (Å²) in [5, 5.41) is 0. The highest BCUT2D eigenvalue weighted by atomic mass is 16.6. The first-order valence-electron chi connectivity index (χ1n) is 34.5. The predicted molar refractivity (Wildman–Crippen MR) is 357 cm³/mol. The molecule has 6 heteroatoms. The molecular formula is C76H128O6. The number of carbonyl (C=O) groups excluding carboxylic acids is 3. The van der Waals surface area contributed by atoms with Gasteiger partial charge in [0.05, 0.1) is 0 Å². The second-order valence-electron chi connectivity index (χ2n) is 22.7. The summed E-state index contributed by atoms with van der Waals surface area (Å²) in [6, 6.07) is 0. The lowest BCUT2D eigenvalue weighted by Gasteiger charge is -2.18. The summed E-state index contributed by atoms with van der Waals surface area (Å²) in [5.41, 5.74) is 0. The third-order valence-corrected chi connectivity index (χ3v) is 14.7. The number of ether oxygens (including phenoxy) is 3. The SMILES string of the molecule is CC/C=C\C/C=C\C/C=C\C/C=C\C/C=C\C/C=C\C/C=C\C/C=C\CCCCCCC(=O)OCC(COC(=O)CCCCCCCCCCCC)OC(=O)CCCCCCCCCCCCCCC/C=C\C/C=C\CCCCCCC. The molecule has 0 rings (SSSR count). The predicted octanol–water partition coefficient (Wildman–Crippen LogP) is 23.9. The van der Waals surface area contributed by atoms with Crippen molar-refractivity contribution in [1.29, 1.82) is 0 Å². The van der Waals surface area contributed by atoms with E-state index in [1.807, 2.05) is 0 Å². The average Bonchev–Trinajstić information content (AvgIpc) is 3.48. The zero-order chi connectivity index (χ0) is 59.2. The minimum atomic E-state index is -0.791. The number of allylic oxidation sites excluding steroid dienone is 20. The molecule has 0 aliphatic carbocycles. The van der Waals surface area contributed by atoms with Crippen LogP contribution in [0.3, 0.4) is 0 Å². The van der Waals surface area contributed by atoms with Crippen molar-refractivity contribution in [3.05, 3.63) is 122 Å². The molecule has 1 atom stereocenters. The second-order valence-corrected chi connectivity index (χ2v) is 22.7. The molecule has 0 amide bonds. The van der Waals surface area contributed by atoms with Gasteiger partial charge in [-0.1, -0.05) is 309 Å². The standard InChI is InChI=1S/C76H128O6/c1-4-7-10-13-16-19-22-24-26-28-30-32-34-36-37-38-39-41-42-44-46-48-50-52-54-57-60-63-66-69-75(78)81-72-73(71-80-74(77)68-65-62-59-56-21-18-15-12-9-6-3)82-76(79)70-67-64-61-58-55-53-51-49-47-45-43-40-35-33-31-29-27-25-23-20-17-14-11-8-5-2/h7,10,16,19,23-26,29-32,36-37,39,41,44,46,50,52,73H,4-6,8-9,11-15,17-18,20-22,27-28,33-35,38,40,42-43,45,47-49,51,53-72H2,1-3H3/b10-7-,19-16-,25-23-,26-24-,31-29-,32-30-,37-36-,41-39-,46-44-,52-50-. The van der Waals surface area contributed by atoms with Crippen LogP contribution in [0.4, 0.5) is 0 Å². The van der Waals surface area contributed by atoms with Gasteiger partial charge in [0.1, 0.15) is 13.2 Å². The monoisotopic (exact) mass is 1140 g/mol. The van der Waals surface area contributed by atoms with Crippen LogP contribution in [0.15, 0.2) is 122 Å². The molecule has 468 valence electrons.